The molecule has 0 aliphatic carbocycles. The summed E-state index contributed by atoms with van der Waals surface area (Å²) < 4.78 is 5.00. The van der Waals surface area contributed by atoms with Gasteiger partial charge < -0.3 is 15.0 Å². The van der Waals surface area contributed by atoms with Crippen molar-refractivity contribution in [2.24, 2.45) is 0 Å². The third kappa shape index (κ3) is 4.94. The average molecular weight is 347 g/mol. The van der Waals surface area contributed by atoms with Gasteiger partial charge in [0.05, 0.1) is 17.6 Å². The van der Waals surface area contributed by atoms with Crippen LogP contribution < -0.4 is 10.9 Å². The summed E-state index contributed by atoms with van der Waals surface area (Å²) in [5.41, 5.74) is 2.07. The lowest BCUT2D eigenvalue weighted by molar-refractivity contribution is -0.115. The van der Waals surface area contributed by atoms with Gasteiger partial charge >= 0.3 is 0 Å². The van der Waals surface area contributed by atoms with Crippen LogP contribution in [0.2, 0.25) is 0 Å². The van der Waals surface area contributed by atoms with Crippen LogP contribution in [0.5, 0.6) is 0 Å². The van der Waals surface area contributed by atoms with Crippen LogP contribution in [-0.4, -0.2) is 28.2 Å². The zero-order chi connectivity index (χ0) is 17.5. The molecular weight excluding hydrogens is 326 g/mol. The molecule has 0 spiro atoms. The van der Waals surface area contributed by atoms with E-state index in [2.05, 4.69) is 15.3 Å². The Hall–Kier alpha value is -2.12. The molecule has 7 heteroatoms. The van der Waals surface area contributed by atoms with Gasteiger partial charge in [-0.2, -0.15) is 0 Å². The fraction of sp³-hybridized carbons (Fsp3) is 0.353. The number of para-hydroxylation sites is 1. The molecule has 0 saturated carbocycles. The number of thioether (sulfide) groups is 1. The number of aromatic nitrogens is 2. The molecule has 1 aromatic carbocycles. The van der Waals surface area contributed by atoms with Crippen LogP contribution in [0.1, 0.15) is 24.6 Å². The van der Waals surface area contributed by atoms with Crippen molar-refractivity contribution in [2.45, 2.75) is 37.3 Å². The Morgan fingerprint density at radius 3 is 2.83 bits per heavy atom. The number of aryl methyl sites for hydroxylation is 1. The molecule has 1 aromatic heterocycles. The van der Waals surface area contributed by atoms with Crippen LogP contribution >= 0.6 is 11.8 Å². The van der Waals surface area contributed by atoms with Gasteiger partial charge in [0.25, 0.3) is 5.56 Å². The van der Waals surface area contributed by atoms with E-state index in [0.29, 0.717) is 17.3 Å². The number of carbonyl (C=O) groups excluding carboxylic acids is 1. The number of ether oxygens (including phenoxy) is 1. The second-order valence-electron chi connectivity index (χ2n) is 5.29. The van der Waals surface area contributed by atoms with Crippen molar-refractivity contribution in [2.75, 3.05) is 12.4 Å². The number of hydrogen-bond donors (Lipinski definition) is 2. The van der Waals surface area contributed by atoms with Crippen LogP contribution in [0.25, 0.3) is 0 Å². The van der Waals surface area contributed by atoms with E-state index in [9.17, 15) is 9.59 Å². The minimum atomic E-state index is -0.356. The summed E-state index contributed by atoms with van der Waals surface area (Å²) in [6, 6.07) is 9.00. The maximum absolute atomic E-state index is 12.5. The first-order valence-electron chi connectivity index (χ1n) is 7.65. The largest absolute Gasteiger partial charge is 0.378 e. The topological polar surface area (TPSA) is 84.1 Å². The number of hydrogen-bond acceptors (Lipinski definition) is 5. The zero-order valence-electron chi connectivity index (χ0n) is 14.0. The molecule has 0 fully saturated rings. The maximum atomic E-state index is 12.5. The zero-order valence-corrected chi connectivity index (χ0v) is 14.8. The van der Waals surface area contributed by atoms with Crippen molar-refractivity contribution in [3.05, 3.63) is 51.9 Å². The van der Waals surface area contributed by atoms with Gasteiger partial charge in [-0.3, -0.25) is 9.59 Å². The lowest BCUT2D eigenvalue weighted by Crippen LogP contribution is -2.25. The van der Waals surface area contributed by atoms with E-state index in [1.165, 1.54) is 17.8 Å². The summed E-state index contributed by atoms with van der Waals surface area (Å²) in [6.45, 7) is 4.12. The molecule has 0 aliphatic heterocycles. The monoisotopic (exact) mass is 347 g/mol. The van der Waals surface area contributed by atoms with Crippen LogP contribution in [0, 0.1) is 6.92 Å². The fourth-order valence-corrected chi connectivity index (χ4v) is 3.08. The molecule has 1 atom stereocenters. The highest BCUT2D eigenvalue weighted by Crippen LogP contribution is 2.24. The summed E-state index contributed by atoms with van der Waals surface area (Å²) in [4.78, 5) is 31.2. The molecular formula is C17H21N3O3S. The molecule has 0 saturated heterocycles. The molecule has 2 aromatic rings. The number of benzene rings is 1. The molecule has 1 heterocycles. The standard InChI is InChI=1S/C17H21N3O3S/c1-4-14(16(22)19-13-8-6-5-7-11(13)2)24-17-18-12(10-23-3)9-15(21)20-17/h5-9,14H,4,10H2,1-3H3,(H,19,22)(H,18,20,21). The Morgan fingerprint density at radius 2 is 2.17 bits per heavy atom. The average Bonchev–Trinajstić information content (AvgIpc) is 2.54. The third-order valence-electron chi connectivity index (χ3n) is 3.39. The van der Waals surface area contributed by atoms with Gasteiger partial charge in [0.15, 0.2) is 5.16 Å². The molecule has 2 rings (SSSR count). The lowest BCUT2D eigenvalue weighted by Gasteiger charge is -2.15. The highest BCUT2D eigenvalue weighted by molar-refractivity contribution is 8.00. The van der Waals surface area contributed by atoms with E-state index in [0.717, 1.165) is 11.3 Å². The van der Waals surface area contributed by atoms with E-state index >= 15 is 0 Å². The van der Waals surface area contributed by atoms with Crippen LogP contribution in [-0.2, 0) is 16.1 Å². The SMILES string of the molecule is CCC(Sc1nc(COC)cc(=O)[nH]1)C(=O)Nc1ccccc1C. The number of rotatable bonds is 7. The smallest absolute Gasteiger partial charge is 0.251 e. The van der Waals surface area contributed by atoms with Gasteiger partial charge in [-0.1, -0.05) is 36.9 Å². The van der Waals surface area contributed by atoms with Crippen molar-refractivity contribution < 1.29 is 9.53 Å². The first kappa shape index (κ1) is 18.2. The molecule has 1 unspecified atom stereocenters. The predicted molar refractivity (Wildman–Crippen MR) is 95.3 cm³/mol. The van der Waals surface area contributed by atoms with Crippen molar-refractivity contribution in [1.82, 2.24) is 9.97 Å². The van der Waals surface area contributed by atoms with E-state index in [4.69, 9.17) is 4.74 Å². The summed E-state index contributed by atoms with van der Waals surface area (Å²) in [6.07, 6.45) is 0.612. The second kappa shape index (κ2) is 8.65. The minimum absolute atomic E-state index is 0.114. The summed E-state index contributed by atoms with van der Waals surface area (Å²) in [5, 5.41) is 2.99. The van der Waals surface area contributed by atoms with Crippen molar-refractivity contribution in [3.63, 3.8) is 0 Å². The van der Waals surface area contributed by atoms with Gasteiger partial charge in [-0.05, 0) is 25.0 Å². The van der Waals surface area contributed by atoms with E-state index < -0.39 is 0 Å². The molecule has 0 bridgehead atoms. The Morgan fingerprint density at radius 1 is 1.42 bits per heavy atom. The molecule has 1 amide bonds. The number of methoxy groups -OCH3 is 1. The van der Waals surface area contributed by atoms with Crippen LogP contribution in [0.4, 0.5) is 5.69 Å². The molecule has 0 radical (unpaired) electrons. The molecule has 0 aliphatic rings. The van der Waals surface area contributed by atoms with Gasteiger partial charge in [0.1, 0.15) is 0 Å². The summed E-state index contributed by atoms with van der Waals surface area (Å²) >= 11 is 1.24. The fourth-order valence-electron chi connectivity index (χ4n) is 2.14. The van der Waals surface area contributed by atoms with Gasteiger partial charge in [0, 0.05) is 18.9 Å². The summed E-state index contributed by atoms with van der Waals surface area (Å²) in [7, 11) is 1.54. The highest BCUT2D eigenvalue weighted by atomic mass is 32.2. The van der Waals surface area contributed by atoms with Crippen molar-refractivity contribution >= 4 is 23.4 Å². The van der Waals surface area contributed by atoms with E-state index in [1.54, 1.807) is 7.11 Å². The highest BCUT2D eigenvalue weighted by Gasteiger charge is 2.20. The molecule has 128 valence electrons. The van der Waals surface area contributed by atoms with E-state index in [1.807, 2.05) is 38.1 Å². The van der Waals surface area contributed by atoms with Crippen LogP contribution in [0.15, 0.2) is 40.3 Å². The molecule has 2 N–H and O–H groups in total. The van der Waals surface area contributed by atoms with Gasteiger partial charge in [0.2, 0.25) is 5.91 Å². The number of aromatic amines is 1. The number of H-pyrrole nitrogens is 1. The van der Waals surface area contributed by atoms with Crippen LogP contribution in [0.3, 0.4) is 0 Å². The molecule has 6 nitrogen and oxygen atoms in total. The Kier molecular flexibility index (Phi) is 6.57. The Bertz CT molecular complexity index is 761. The third-order valence-corrected chi connectivity index (χ3v) is 4.63. The first-order valence-corrected chi connectivity index (χ1v) is 8.53. The lowest BCUT2D eigenvalue weighted by atomic mass is 10.2. The van der Waals surface area contributed by atoms with Crippen molar-refractivity contribution in [1.29, 1.82) is 0 Å². The number of carbonyl (C=O) groups is 1. The minimum Gasteiger partial charge on any atom is -0.378 e. The summed E-state index contributed by atoms with van der Waals surface area (Å²) in [5.74, 6) is -0.114. The number of nitrogens with zero attached hydrogens (tertiary/aromatic N) is 1. The number of nitrogens with one attached hydrogen (secondary N) is 2. The van der Waals surface area contributed by atoms with Gasteiger partial charge in [-0.15, -0.1) is 0 Å². The maximum Gasteiger partial charge on any atom is 0.251 e. The normalized spacial score (nSPS) is 12.0. The number of anilines is 1. The first-order chi connectivity index (χ1) is 11.5. The quantitative estimate of drug-likeness (QED) is 0.594. The van der Waals surface area contributed by atoms with E-state index in [-0.39, 0.29) is 23.3 Å². The number of amides is 1. The Balaban J connectivity index is 2.13. The molecule has 24 heavy (non-hydrogen) atoms. The van der Waals surface area contributed by atoms with Gasteiger partial charge in [-0.25, -0.2) is 4.98 Å². The van der Waals surface area contributed by atoms with Crippen molar-refractivity contribution in [3.8, 4) is 0 Å². The predicted octanol–water partition coefficient (Wildman–Crippen LogP) is 2.73. The Labute approximate surface area is 145 Å². The second-order valence-corrected chi connectivity index (χ2v) is 6.49.